The highest BCUT2D eigenvalue weighted by atomic mass is 35.5. The first-order valence-corrected chi connectivity index (χ1v) is 7.96. The van der Waals surface area contributed by atoms with Crippen molar-refractivity contribution in [3.05, 3.63) is 75.4 Å². The smallest absolute Gasteiger partial charge is 0.275 e. The van der Waals surface area contributed by atoms with Gasteiger partial charge in [-0.25, -0.2) is 4.99 Å². The molecule has 3 nitrogen and oxygen atoms in total. The van der Waals surface area contributed by atoms with Gasteiger partial charge in [0, 0.05) is 16.5 Å². The molecule has 1 amide bonds. The number of nitrogens with zero attached hydrogens (tertiary/aromatic N) is 1. The van der Waals surface area contributed by atoms with E-state index in [1.165, 1.54) is 0 Å². The molecule has 2 aromatic carbocycles. The molecule has 1 aliphatic heterocycles. The average Bonchev–Trinajstić information content (AvgIpc) is 2.86. The maximum atomic E-state index is 12.0. The number of halogens is 2. The highest BCUT2D eigenvalue weighted by Crippen LogP contribution is 2.18. The van der Waals surface area contributed by atoms with Gasteiger partial charge in [-0.1, -0.05) is 47.5 Å². The summed E-state index contributed by atoms with van der Waals surface area (Å²) in [6.45, 7) is 0. The summed E-state index contributed by atoms with van der Waals surface area (Å²) >= 11 is 11.9. The van der Waals surface area contributed by atoms with Crippen molar-refractivity contribution in [3.8, 4) is 0 Å². The molecule has 0 aromatic heterocycles. The first kappa shape index (κ1) is 15.8. The first-order valence-electron chi connectivity index (χ1n) is 7.21. The molecule has 0 spiro atoms. The summed E-state index contributed by atoms with van der Waals surface area (Å²) in [5, 5.41) is 4.14. The second-order valence-electron chi connectivity index (χ2n) is 5.23. The largest absolute Gasteiger partial charge is 0.309 e. The van der Waals surface area contributed by atoms with Crippen molar-refractivity contribution in [1.29, 1.82) is 0 Å². The van der Waals surface area contributed by atoms with Crippen LogP contribution in [0.2, 0.25) is 10.0 Å². The maximum Gasteiger partial charge on any atom is 0.275 e. The zero-order valence-electron chi connectivity index (χ0n) is 12.2. The first-order chi connectivity index (χ1) is 11.1. The van der Waals surface area contributed by atoms with E-state index < -0.39 is 0 Å². The molecule has 3 rings (SSSR count). The molecule has 0 saturated heterocycles. The van der Waals surface area contributed by atoms with Crippen LogP contribution < -0.4 is 5.32 Å². The lowest BCUT2D eigenvalue weighted by Crippen LogP contribution is -2.24. The topological polar surface area (TPSA) is 41.5 Å². The second-order valence-corrected chi connectivity index (χ2v) is 6.10. The Labute approximate surface area is 144 Å². The van der Waals surface area contributed by atoms with E-state index in [0.29, 0.717) is 28.0 Å². The third kappa shape index (κ3) is 4.21. The molecule has 0 radical (unpaired) electrons. The zero-order chi connectivity index (χ0) is 16.2. The molecule has 1 N–H and O–H groups in total. The van der Waals surface area contributed by atoms with E-state index in [-0.39, 0.29) is 5.91 Å². The quantitative estimate of drug-likeness (QED) is 0.815. The molecular formula is C18H14Cl2N2O. The molecule has 0 fully saturated rings. The number of hydrogen-bond acceptors (Lipinski definition) is 2. The Morgan fingerprint density at radius 2 is 1.74 bits per heavy atom. The molecule has 0 bridgehead atoms. The second kappa shape index (κ2) is 6.99. The van der Waals surface area contributed by atoms with E-state index >= 15 is 0 Å². The molecule has 0 unspecified atom stereocenters. The SMILES string of the molecule is O=C1NC(CCc2cccc(Cl)c2)=N/C1=C/c1cccc(Cl)c1. The number of aliphatic imine (C=N–C) groups is 1. The van der Waals surface area contributed by atoms with Gasteiger partial charge in [-0.15, -0.1) is 0 Å². The fourth-order valence-corrected chi connectivity index (χ4v) is 2.76. The minimum absolute atomic E-state index is 0.189. The maximum absolute atomic E-state index is 12.0. The van der Waals surface area contributed by atoms with Crippen LogP contribution in [0.1, 0.15) is 17.5 Å². The number of aryl methyl sites for hydroxylation is 1. The van der Waals surface area contributed by atoms with Crippen LogP contribution in [0.4, 0.5) is 0 Å². The van der Waals surface area contributed by atoms with Crippen molar-refractivity contribution in [2.45, 2.75) is 12.8 Å². The molecule has 0 saturated carbocycles. The summed E-state index contributed by atoms with van der Waals surface area (Å²) < 4.78 is 0. The van der Waals surface area contributed by atoms with Gasteiger partial charge in [0.2, 0.25) is 0 Å². The molecule has 1 heterocycles. The number of amidine groups is 1. The number of hydrogen-bond donors (Lipinski definition) is 1. The lowest BCUT2D eigenvalue weighted by molar-refractivity contribution is -0.115. The fourth-order valence-electron chi connectivity index (χ4n) is 2.34. The van der Waals surface area contributed by atoms with Crippen molar-refractivity contribution in [3.63, 3.8) is 0 Å². The van der Waals surface area contributed by atoms with Gasteiger partial charge < -0.3 is 5.32 Å². The fraction of sp³-hybridized carbons (Fsp3) is 0.111. The highest BCUT2D eigenvalue weighted by Gasteiger charge is 2.19. The van der Waals surface area contributed by atoms with Crippen molar-refractivity contribution in [2.75, 3.05) is 0 Å². The molecular weight excluding hydrogens is 331 g/mol. The van der Waals surface area contributed by atoms with Gasteiger partial charge in [0.05, 0.1) is 0 Å². The molecule has 0 atom stereocenters. The molecule has 2 aromatic rings. The monoisotopic (exact) mass is 344 g/mol. The summed E-state index contributed by atoms with van der Waals surface area (Å²) in [6, 6.07) is 15.0. The van der Waals surface area contributed by atoms with Crippen molar-refractivity contribution in [1.82, 2.24) is 5.32 Å². The highest BCUT2D eigenvalue weighted by molar-refractivity contribution is 6.31. The van der Waals surface area contributed by atoms with Crippen LogP contribution >= 0.6 is 23.2 Å². The van der Waals surface area contributed by atoms with Gasteiger partial charge in [-0.2, -0.15) is 0 Å². The summed E-state index contributed by atoms with van der Waals surface area (Å²) in [5.74, 6) is 0.481. The molecule has 116 valence electrons. The van der Waals surface area contributed by atoms with Crippen molar-refractivity contribution >= 4 is 41.0 Å². The van der Waals surface area contributed by atoms with E-state index in [9.17, 15) is 4.79 Å². The average molecular weight is 345 g/mol. The predicted octanol–water partition coefficient (Wildman–Crippen LogP) is 4.50. The number of carbonyl (C=O) groups is 1. The van der Waals surface area contributed by atoms with Crippen LogP contribution in [0.5, 0.6) is 0 Å². The van der Waals surface area contributed by atoms with E-state index in [2.05, 4.69) is 10.3 Å². The van der Waals surface area contributed by atoms with Gasteiger partial charge in [0.25, 0.3) is 5.91 Å². The van der Waals surface area contributed by atoms with E-state index in [0.717, 1.165) is 17.5 Å². The van der Waals surface area contributed by atoms with Crippen LogP contribution in [-0.4, -0.2) is 11.7 Å². The Hall–Kier alpha value is -2.10. The van der Waals surface area contributed by atoms with Gasteiger partial charge in [0.1, 0.15) is 11.5 Å². The molecule has 1 aliphatic rings. The number of carbonyl (C=O) groups excluding carboxylic acids is 1. The van der Waals surface area contributed by atoms with E-state index in [4.69, 9.17) is 23.2 Å². The van der Waals surface area contributed by atoms with E-state index in [1.54, 1.807) is 18.2 Å². The minimum atomic E-state index is -0.189. The normalized spacial score (nSPS) is 15.7. The molecule has 5 heteroatoms. The number of rotatable bonds is 4. The third-order valence-electron chi connectivity index (χ3n) is 3.44. The van der Waals surface area contributed by atoms with Crippen LogP contribution in [0.15, 0.2) is 59.2 Å². The Bertz CT molecular complexity index is 812. The van der Waals surface area contributed by atoms with E-state index in [1.807, 2.05) is 36.4 Å². The van der Waals surface area contributed by atoms with Gasteiger partial charge in [-0.05, 0) is 47.9 Å². The molecule has 23 heavy (non-hydrogen) atoms. The summed E-state index contributed by atoms with van der Waals surface area (Å²) in [7, 11) is 0. The summed E-state index contributed by atoms with van der Waals surface area (Å²) in [6.07, 6.45) is 3.15. The Kier molecular flexibility index (Phi) is 4.79. The van der Waals surface area contributed by atoms with Crippen LogP contribution in [0, 0.1) is 0 Å². The summed E-state index contributed by atoms with van der Waals surface area (Å²) in [5.41, 5.74) is 2.36. The van der Waals surface area contributed by atoms with Crippen LogP contribution in [-0.2, 0) is 11.2 Å². The van der Waals surface area contributed by atoms with Gasteiger partial charge in [-0.3, -0.25) is 4.79 Å². The minimum Gasteiger partial charge on any atom is -0.309 e. The van der Waals surface area contributed by atoms with Crippen molar-refractivity contribution < 1.29 is 4.79 Å². The Balaban J connectivity index is 1.71. The lowest BCUT2D eigenvalue weighted by Gasteiger charge is -2.01. The lowest BCUT2D eigenvalue weighted by atomic mass is 10.1. The number of nitrogens with one attached hydrogen (secondary N) is 1. The predicted molar refractivity (Wildman–Crippen MR) is 94.8 cm³/mol. The summed E-state index contributed by atoms with van der Waals surface area (Å²) in [4.78, 5) is 16.4. The van der Waals surface area contributed by atoms with Crippen LogP contribution in [0.25, 0.3) is 6.08 Å². The number of amides is 1. The Morgan fingerprint density at radius 1 is 1.00 bits per heavy atom. The number of benzene rings is 2. The standard InChI is InChI=1S/C18H14Cl2N2O/c19-14-5-1-3-12(9-14)7-8-17-21-16(18(23)22-17)11-13-4-2-6-15(20)10-13/h1-6,9-11H,7-8H2,(H,21,22,23)/b16-11+. The van der Waals surface area contributed by atoms with Gasteiger partial charge in [0.15, 0.2) is 0 Å². The zero-order valence-corrected chi connectivity index (χ0v) is 13.7. The van der Waals surface area contributed by atoms with Crippen LogP contribution in [0.3, 0.4) is 0 Å². The van der Waals surface area contributed by atoms with Crippen molar-refractivity contribution in [2.24, 2.45) is 4.99 Å². The molecule has 0 aliphatic carbocycles. The van der Waals surface area contributed by atoms with Gasteiger partial charge >= 0.3 is 0 Å². The Morgan fingerprint density at radius 3 is 2.48 bits per heavy atom. The third-order valence-corrected chi connectivity index (χ3v) is 3.91.